The van der Waals surface area contributed by atoms with E-state index in [1.807, 2.05) is 18.2 Å². The summed E-state index contributed by atoms with van der Waals surface area (Å²) in [6, 6.07) is 8.90. The molecule has 1 fully saturated rings. The minimum Gasteiger partial charge on any atom is -0.361 e. The summed E-state index contributed by atoms with van der Waals surface area (Å²) in [5.41, 5.74) is 1.86. The molecule has 0 bridgehead atoms. The lowest BCUT2D eigenvalue weighted by Gasteiger charge is -2.22. The predicted molar refractivity (Wildman–Crippen MR) is 96.9 cm³/mol. The van der Waals surface area contributed by atoms with Crippen LogP contribution in [0.1, 0.15) is 69.0 Å². The Morgan fingerprint density at radius 3 is 2.64 bits per heavy atom. The number of rotatable bonds is 6. The molecule has 1 atom stereocenters. The first-order valence-electron chi connectivity index (χ1n) is 9.00. The van der Waals surface area contributed by atoms with Crippen LogP contribution in [0.3, 0.4) is 0 Å². The molecule has 0 aliphatic carbocycles. The first kappa shape index (κ1) is 18.1. The SMILES string of the molecule is CCCc1cc([C@H]2CCCN2S(=O)(=O)c2ccc(C(C)C)cc2)no1. The second-order valence-electron chi connectivity index (χ2n) is 6.97. The van der Waals surface area contributed by atoms with E-state index in [9.17, 15) is 8.42 Å². The van der Waals surface area contributed by atoms with Crippen molar-refractivity contribution in [1.29, 1.82) is 0 Å². The Morgan fingerprint density at radius 1 is 1.28 bits per heavy atom. The van der Waals surface area contributed by atoms with Crippen LogP contribution in [0.2, 0.25) is 0 Å². The number of hydrogen-bond acceptors (Lipinski definition) is 4. The summed E-state index contributed by atoms with van der Waals surface area (Å²) < 4.78 is 33.1. The van der Waals surface area contributed by atoms with Gasteiger partial charge in [-0.2, -0.15) is 4.31 Å². The average molecular weight is 362 g/mol. The first-order valence-corrected chi connectivity index (χ1v) is 10.4. The summed E-state index contributed by atoms with van der Waals surface area (Å²) in [5, 5.41) is 4.13. The van der Waals surface area contributed by atoms with Crippen molar-refractivity contribution in [3.8, 4) is 0 Å². The van der Waals surface area contributed by atoms with E-state index in [0.717, 1.165) is 42.7 Å². The van der Waals surface area contributed by atoms with Crippen molar-refractivity contribution in [2.24, 2.45) is 0 Å². The number of hydrogen-bond donors (Lipinski definition) is 0. The van der Waals surface area contributed by atoms with Gasteiger partial charge in [0, 0.05) is 19.0 Å². The Balaban J connectivity index is 1.87. The van der Waals surface area contributed by atoms with Crippen molar-refractivity contribution in [2.75, 3.05) is 6.54 Å². The van der Waals surface area contributed by atoms with E-state index < -0.39 is 10.0 Å². The molecule has 1 aromatic carbocycles. The number of nitrogens with zero attached hydrogens (tertiary/aromatic N) is 2. The highest BCUT2D eigenvalue weighted by atomic mass is 32.2. The van der Waals surface area contributed by atoms with Gasteiger partial charge in [0.1, 0.15) is 11.5 Å². The fourth-order valence-electron chi connectivity index (χ4n) is 3.33. The topological polar surface area (TPSA) is 63.4 Å². The van der Waals surface area contributed by atoms with E-state index in [1.165, 1.54) is 0 Å². The van der Waals surface area contributed by atoms with Crippen molar-refractivity contribution >= 4 is 10.0 Å². The second kappa shape index (κ2) is 7.30. The van der Waals surface area contributed by atoms with Crippen molar-refractivity contribution in [1.82, 2.24) is 9.46 Å². The predicted octanol–water partition coefficient (Wildman–Crippen LogP) is 4.28. The molecule has 2 aromatic rings. The Morgan fingerprint density at radius 2 is 2.00 bits per heavy atom. The Kier molecular flexibility index (Phi) is 5.29. The Bertz CT molecular complexity index is 809. The van der Waals surface area contributed by atoms with Gasteiger partial charge in [0.15, 0.2) is 0 Å². The highest BCUT2D eigenvalue weighted by molar-refractivity contribution is 7.89. The molecule has 0 saturated carbocycles. The number of sulfonamides is 1. The summed E-state index contributed by atoms with van der Waals surface area (Å²) in [7, 11) is -3.53. The van der Waals surface area contributed by atoms with Crippen molar-refractivity contribution in [3.63, 3.8) is 0 Å². The molecule has 6 heteroatoms. The van der Waals surface area contributed by atoms with Gasteiger partial charge in [-0.25, -0.2) is 8.42 Å². The van der Waals surface area contributed by atoms with Gasteiger partial charge in [-0.15, -0.1) is 0 Å². The molecule has 1 aliphatic heterocycles. The van der Waals surface area contributed by atoms with Crippen molar-refractivity contribution in [3.05, 3.63) is 47.3 Å². The maximum Gasteiger partial charge on any atom is 0.243 e. The zero-order valence-electron chi connectivity index (χ0n) is 15.1. The standard InChI is InChI=1S/C19H26N2O3S/c1-4-6-16-13-18(20-24-16)19-7-5-12-21(19)25(22,23)17-10-8-15(9-11-17)14(2)3/h8-11,13-14,19H,4-7,12H2,1-3H3/t19-/m1/s1. The molecule has 0 radical (unpaired) electrons. The molecule has 0 spiro atoms. The van der Waals surface area contributed by atoms with E-state index in [0.29, 0.717) is 17.4 Å². The summed E-state index contributed by atoms with van der Waals surface area (Å²) in [5.74, 6) is 1.20. The van der Waals surface area contributed by atoms with E-state index in [2.05, 4.69) is 25.9 Å². The molecule has 1 saturated heterocycles. The van der Waals surface area contributed by atoms with Gasteiger partial charge >= 0.3 is 0 Å². The van der Waals surface area contributed by atoms with Crippen LogP contribution in [0.4, 0.5) is 0 Å². The molecule has 0 amide bonds. The highest BCUT2D eigenvalue weighted by Crippen LogP contribution is 2.36. The third-order valence-electron chi connectivity index (χ3n) is 4.77. The molecule has 2 heterocycles. The number of aromatic nitrogens is 1. The fraction of sp³-hybridized carbons (Fsp3) is 0.526. The van der Waals surface area contributed by atoms with Crippen LogP contribution in [0.5, 0.6) is 0 Å². The van der Waals surface area contributed by atoms with Gasteiger partial charge < -0.3 is 4.52 Å². The lowest BCUT2D eigenvalue weighted by Crippen LogP contribution is -2.30. The van der Waals surface area contributed by atoms with E-state index in [-0.39, 0.29) is 6.04 Å². The van der Waals surface area contributed by atoms with E-state index in [4.69, 9.17) is 4.52 Å². The van der Waals surface area contributed by atoms with E-state index >= 15 is 0 Å². The average Bonchev–Trinajstić information content (AvgIpc) is 3.24. The van der Waals surface area contributed by atoms with Gasteiger partial charge in [0.2, 0.25) is 10.0 Å². The summed E-state index contributed by atoms with van der Waals surface area (Å²) in [6.07, 6.45) is 3.41. The summed E-state index contributed by atoms with van der Waals surface area (Å²) >= 11 is 0. The zero-order chi connectivity index (χ0) is 18.0. The zero-order valence-corrected chi connectivity index (χ0v) is 15.9. The third kappa shape index (κ3) is 3.65. The molecule has 136 valence electrons. The van der Waals surface area contributed by atoms with Crippen LogP contribution in [0.15, 0.2) is 39.8 Å². The number of benzene rings is 1. The summed E-state index contributed by atoms with van der Waals surface area (Å²) in [4.78, 5) is 0.348. The van der Waals surface area contributed by atoms with Gasteiger partial charge in [-0.3, -0.25) is 0 Å². The molecular weight excluding hydrogens is 336 g/mol. The monoisotopic (exact) mass is 362 g/mol. The molecule has 0 N–H and O–H groups in total. The minimum absolute atomic E-state index is 0.232. The van der Waals surface area contributed by atoms with Crippen LogP contribution < -0.4 is 0 Å². The van der Waals surface area contributed by atoms with Crippen LogP contribution in [0, 0.1) is 0 Å². The minimum atomic E-state index is -3.53. The largest absolute Gasteiger partial charge is 0.361 e. The molecule has 3 rings (SSSR count). The van der Waals surface area contributed by atoms with Crippen LogP contribution in [0.25, 0.3) is 0 Å². The molecule has 1 aromatic heterocycles. The lowest BCUT2D eigenvalue weighted by atomic mass is 10.0. The fourth-order valence-corrected chi connectivity index (χ4v) is 5.00. The smallest absolute Gasteiger partial charge is 0.243 e. The molecule has 5 nitrogen and oxygen atoms in total. The van der Waals surface area contributed by atoms with Gasteiger partial charge in [-0.1, -0.05) is 38.1 Å². The lowest BCUT2D eigenvalue weighted by molar-refractivity contribution is 0.343. The van der Waals surface area contributed by atoms with Gasteiger partial charge in [0.05, 0.1) is 10.9 Å². The van der Waals surface area contributed by atoms with Crippen LogP contribution in [-0.2, 0) is 16.4 Å². The molecular formula is C19H26N2O3S. The Hall–Kier alpha value is -1.66. The maximum atomic E-state index is 13.1. The molecule has 1 aliphatic rings. The van der Waals surface area contributed by atoms with Crippen LogP contribution >= 0.6 is 0 Å². The molecule has 0 unspecified atom stereocenters. The summed E-state index contributed by atoms with van der Waals surface area (Å²) in [6.45, 7) is 6.79. The van der Waals surface area contributed by atoms with Crippen molar-refractivity contribution in [2.45, 2.75) is 63.3 Å². The normalized spacial score (nSPS) is 19.0. The second-order valence-corrected chi connectivity index (χ2v) is 8.86. The maximum absolute atomic E-state index is 13.1. The van der Waals surface area contributed by atoms with E-state index in [1.54, 1.807) is 16.4 Å². The highest BCUT2D eigenvalue weighted by Gasteiger charge is 2.37. The third-order valence-corrected chi connectivity index (χ3v) is 6.69. The first-order chi connectivity index (χ1) is 11.9. The quantitative estimate of drug-likeness (QED) is 0.769. The van der Waals surface area contributed by atoms with Crippen LogP contribution in [-0.4, -0.2) is 24.4 Å². The van der Waals surface area contributed by atoms with Crippen molar-refractivity contribution < 1.29 is 12.9 Å². The van der Waals surface area contributed by atoms with Gasteiger partial charge in [0.25, 0.3) is 0 Å². The Labute approximate surface area is 150 Å². The number of aryl methyl sites for hydroxylation is 1. The molecule has 25 heavy (non-hydrogen) atoms. The van der Waals surface area contributed by atoms with Gasteiger partial charge in [-0.05, 0) is 42.9 Å².